The van der Waals surface area contributed by atoms with Crippen LogP contribution in [0, 0.1) is 17.0 Å². The lowest BCUT2D eigenvalue weighted by Gasteiger charge is -2.31. The van der Waals surface area contributed by atoms with Crippen molar-refractivity contribution in [3.63, 3.8) is 0 Å². The van der Waals surface area contributed by atoms with Crippen LogP contribution in [0.2, 0.25) is 0 Å². The lowest BCUT2D eigenvalue weighted by atomic mass is 10.0. The van der Waals surface area contributed by atoms with Crippen LogP contribution in [-0.4, -0.2) is 63.6 Å². The highest BCUT2D eigenvalue weighted by Crippen LogP contribution is 2.45. The van der Waals surface area contributed by atoms with Crippen LogP contribution in [0.1, 0.15) is 49.0 Å². The number of fused-ring (bicyclic) bond motifs is 1. The van der Waals surface area contributed by atoms with Crippen molar-refractivity contribution in [3.8, 4) is 11.3 Å². The summed E-state index contributed by atoms with van der Waals surface area (Å²) < 4.78 is 36.3. The number of nitrogens with one attached hydrogen (secondary N) is 1. The minimum absolute atomic E-state index is 0.0265. The standard InChI is InChI=1S/C24H26F2N6O3/c1-24(7-8-24)13-35-23(34)31-9-5-14(6-10-31)32-19-12-28-17(11-18(19)29-30-32)15-3-4-16(22(33)27-2)21(26)20(15)25/h3-4,11-12,14H,5-10,13H2,1-2H3,(H,27,33). The van der Waals surface area contributed by atoms with Gasteiger partial charge in [0.05, 0.1) is 30.1 Å². The fraction of sp³-hybridized carbons (Fsp3) is 0.458. The van der Waals surface area contributed by atoms with Gasteiger partial charge in [-0.2, -0.15) is 0 Å². The van der Waals surface area contributed by atoms with Gasteiger partial charge in [0.2, 0.25) is 0 Å². The molecule has 3 heterocycles. The number of aromatic nitrogens is 4. The number of piperidine rings is 1. The third-order valence-corrected chi connectivity index (χ3v) is 6.90. The molecular formula is C24H26F2N6O3. The minimum atomic E-state index is -1.23. The van der Waals surface area contributed by atoms with Crippen molar-refractivity contribution in [3.05, 3.63) is 41.6 Å². The van der Waals surface area contributed by atoms with E-state index in [9.17, 15) is 18.4 Å². The molecule has 1 aliphatic heterocycles. The second-order valence-electron chi connectivity index (χ2n) is 9.54. The molecule has 184 valence electrons. The number of hydrogen-bond donors (Lipinski definition) is 1. The largest absolute Gasteiger partial charge is 0.449 e. The Morgan fingerprint density at radius 3 is 2.63 bits per heavy atom. The summed E-state index contributed by atoms with van der Waals surface area (Å²) in [7, 11) is 1.34. The van der Waals surface area contributed by atoms with E-state index in [1.807, 2.05) is 0 Å². The normalized spacial score (nSPS) is 17.4. The SMILES string of the molecule is CNC(=O)c1ccc(-c2cc3nnn(C4CCN(C(=O)OCC5(C)CC5)CC4)c3cn2)c(F)c1F. The number of likely N-dealkylation sites (tertiary alicyclic amines) is 1. The van der Waals surface area contributed by atoms with E-state index in [4.69, 9.17) is 4.74 Å². The summed E-state index contributed by atoms with van der Waals surface area (Å²) in [4.78, 5) is 30.1. The second-order valence-corrected chi connectivity index (χ2v) is 9.54. The van der Waals surface area contributed by atoms with E-state index in [1.165, 1.54) is 25.4 Å². The van der Waals surface area contributed by atoms with Gasteiger partial charge in [-0.05, 0) is 43.9 Å². The van der Waals surface area contributed by atoms with E-state index >= 15 is 0 Å². The molecule has 5 rings (SSSR count). The van der Waals surface area contributed by atoms with Crippen molar-refractivity contribution in [1.29, 1.82) is 0 Å². The molecule has 11 heteroatoms. The molecule has 35 heavy (non-hydrogen) atoms. The Hall–Kier alpha value is -3.63. The first kappa shape index (κ1) is 23.1. The van der Waals surface area contributed by atoms with Gasteiger partial charge in [-0.15, -0.1) is 5.10 Å². The Kier molecular flexibility index (Phi) is 5.86. The van der Waals surface area contributed by atoms with E-state index in [0.29, 0.717) is 43.6 Å². The first-order valence-corrected chi connectivity index (χ1v) is 11.6. The molecule has 1 N–H and O–H groups in total. The smallest absolute Gasteiger partial charge is 0.409 e. The highest BCUT2D eigenvalue weighted by atomic mass is 19.2. The maximum atomic E-state index is 14.7. The monoisotopic (exact) mass is 484 g/mol. The Bertz CT molecular complexity index is 1300. The van der Waals surface area contributed by atoms with Crippen molar-refractivity contribution in [2.45, 2.75) is 38.6 Å². The number of carbonyl (C=O) groups is 2. The summed E-state index contributed by atoms with van der Waals surface area (Å²) in [5.41, 5.74) is 1.05. The first-order valence-electron chi connectivity index (χ1n) is 11.6. The van der Waals surface area contributed by atoms with Crippen molar-refractivity contribution in [1.82, 2.24) is 30.2 Å². The fourth-order valence-corrected chi connectivity index (χ4v) is 4.29. The molecule has 2 aromatic heterocycles. The molecule has 0 spiro atoms. The molecule has 0 bridgehead atoms. The summed E-state index contributed by atoms with van der Waals surface area (Å²) in [6.07, 6.45) is 4.83. The molecule has 0 unspecified atom stereocenters. The maximum Gasteiger partial charge on any atom is 0.409 e. The third-order valence-electron chi connectivity index (χ3n) is 6.90. The van der Waals surface area contributed by atoms with Gasteiger partial charge in [-0.1, -0.05) is 12.1 Å². The van der Waals surface area contributed by atoms with Gasteiger partial charge in [0, 0.05) is 31.1 Å². The quantitative estimate of drug-likeness (QED) is 0.593. The number of ether oxygens (including phenoxy) is 1. The molecule has 0 atom stereocenters. The summed E-state index contributed by atoms with van der Waals surface area (Å²) in [6, 6.07) is 4.11. The average Bonchev–Trinajstić information content (AvgIpc) is 3.46. The van der Waals surface area contributed by atoms with Crippen LogP contribution in [0.4, 0.5) is 13.6 Å². The van der Waals surface area contributed by atoms with Crippen LogP contribution in [-0.2, 0) is 4.74 Å². The highest BCUT2D eigenvalue weighted by Gasteiger charge is 2.39. The van der Waals surface area contributed by atoms with E-state index < -0.39 is 17.5 Å². The Morgan fingerprint density at radius 2 is 1.94 bits per heavy atom. The van der Waals surface area contributed by atoms with Gasteiger partial charge in [0.15, 0.2) is 11.6 Å². The van der Waals surface area contributed by atoms with Gasteiger partial charge in [0.1, 0.15) is 11.0 Å². The number of pyridine rings is 1. The highest BCUT2D eigenvalue weighted by molar-refractivity contribution is 5.95. The Labute approximate surface area is 200 Å². The van der Waals surface area contributed by atoms with Crippen LogP contribution in [0.5, 0.6) is 0 Å². The van der Waals surface area contributed by atoms with E-state index in [1.54, 1.807) is 15.6 Å². The number of hydrogen-bond acceptors (Lipinski definition) is 6. The number of amides is 2. The van der Waals surface area contributed by atoms with Crippen LogP contribution >= 0.6 is 0 Å². The van der Waals surface area contributed by atoms with Crippen LogP contribution in [0.3, 0.4) is 0 Å². The van der Waals surface area contributed by atoms with E-state index in [2.05, 4.69) is 27.5 Å². The molecule has 2 fully saturated rings. The zero-order valence-corrected chi connectivity index (χ0v) is 19.6. The van der Waals surface area contributed by atoms with Gasteiger partial charge < -0.3 is 15.0 Å². The molecule has 0 radical (unpaired) electrons. The summed E-state index contributed by atoms with van der Waals surface area (Å²) in [5.74, 6) is -3.10. The van der Waals surface area contributed by atoms with Crippen LogP contribution in [0.25, 0.3) is 22.3 Å². The van der Waals surface area contributed by atoms with Gasteiger partial charge >= 0.3 is 6.09 Å². The fourth-order valence-electron chi connectivity index (χ4n) is 4.29. The van der Waals surface area contributed by atoms with E-state index in [0.717, 1.165) is 12.8 Å². The molecule has 1 saturated heterocycles. The van der Waals surface area contributed by atoms with Crippen molar-refractivity contribution < 1.29 is 23.1 Å². The number of nitrogens with zero attached hydrogens (tertiary/aromatic N) is 5. The lowest BCUT2D eigenvalue weighted by Crippen LogP contribution is -2.40. The third kappa shape index (κ3) is 4.42. The molecule has 9 nitrogen and oxygen atoms in total. The minimum Gasteiger partial charge on any atom is -0.449 e. The van der Waals surface area contributed by atoms with Crippen molar-refractivity contribution in [2.24, 2.45) is 5.41 Å². The van der Waals surface area contributed by atoms with Crippen molar-refractivity contribution >= 4 is 23.0 Å². The molecule has 2 aliphatic rings. The molecule has 2 amide bonds. The topological polar surface area (TPSA) is 102 Å². The molecule has 1 saturated carbocycles. The summed E-state index contributed by atoms with van der Waals surface area (Å²) in [6.45, 7) is 3.68. The van der Waals surface area contributed by atoms with Gasteiger partial charge in [-0.3, -0.25) is 9.78 Å². The van der Waals surface area contributed by atoms with Crippen LogP contribution < -0.4 is 5.32 Å². The maximum absolute atomic E-state index is 14.7. The summed E-state index contributed by atoms with van der Waals surface area (Å²) >= 11 is 0. The van der Waals surface area contributed by atoms with Crippen molar-refractivity contribution in [2.75, 3.05) is 26.7 Å². The molecule has 1 aromatic carbocycles. The van der Waals surface area contributed by atoms with E-state index in [-0.39, 0.29) is 34.4 Å². The molecule has 1 aliphatic carbocycles. The lowest BCUT2D eigenvalue weighted by molar-refractivity contribution is 0.0737. The number of benzene rings is 1. The first-order chi connectivity index (χ1) is 16.8. The zero-order chi connectivity index (χ0) is 24.7. The number of rotatable bonds is 5. The second kappa shape index (κ2) is 8.86. The Balaban J connectivity index is 1.30. The molecule has 3 aromatic rings. The van der Waals surface area contributed by atoms with Gasteiger partial charge in [-0.25, -0.2) is 18.3 Å². The zero-order valence-electron chi connectivity index (χ0n) is 19.6. The summed E-state index contributed by atoms with van der Waals surface area (Å²) in [5, 5.41) is 10.7. The number of halogens is 2. The predicted molar refractivity (Wildman–Crippen MR) is 123 cm³/mol. The van der Waals surface area contributed by atoms with Crippen LogP contribution in [0.15, 0.2) is 24.4 Å². The average molecular weight is 485 g/mol. The number of carbonyl (C=O) groups excluding carboxylic acids is 2. The predicted octanol–water partition coefficient (Wildman–Crippen LogP) is 3.70. The van der Waals surface area contributed by atoms with Gasteiger partial charge in [0.25, 0.3) is 5.91 Å². The molecular weight excluding hydrogens is 458 g/mol. The Morgan fingerprint density at radius 1 is 1.20 bits per heavy atom.